The van der Waals surface area contributed by atoms with Crippen molar-refractivity contribution in [3.05, 3.63) is 34.7 Å². The van der Waals surface area contributed by atoms with E-state index >= 15 is 0 Å². The molecule has 0 fully saturated rings. The first-order valence-electron chi connectivity index (χ1n) is 4.87. The lowest BCUT2D eigenvalue weighted by Crippen LogP contribution is -2.31. The average molecular weight is 225 g/mol. The number of halogens is 2. The van der Waals surface area contributed by atoms with Gasteiger partial charge in [0.2, 0.25) is 0 Å². The van der Waals surface area contributed by atoms with Gasteiger partial charge in [-0.05, 0) is 24.1 Å². The Balaban J connectivity index is 2.41. The predicted octanol–water partition coefficient (Wildman–Crippen LogP) is 2.32. The van der Waals surface area contributed by atoms with Crippen molar-refractivity contribution in [1.82, 2.24) is 4.57 Å². The van der Waals surface area contributed by atoms with Gasteiger partial charge in [-0.15, -0.1) is 0 Å². The molecule has 2 aromatic rings. The Labute approximate surface area is 91.4 Å². The number of aromatic nitrogens is 1. The summed E-state index contributed by atoms with van der Waals surface area (Å²) in [5, 5.41) is 1.39. The summed E-state index contributed by atoms with van der Waals surface area (Å²) >= 11 is 6.05. The second kappa shape index (κ2) is 2.97. The minimum atomic E-state index is -0.244. The van der Waals surface area contributed by atoms with Gasteiger partial charge < -0.3 is 10.3 Å². The largest absolute Gasteiger partial charge is 0.344 e. The third-order valence-electron chi connectivity index (χ3n) is 2.88. The van der Waals surface area contributed by atoms with Gasteiger partial charge in [0.25, 0.3) is 0 Å². The van der Waals surface area contributed by atoms with Gasteiger partial charge in [-0.2, -0.15) is 0 Å². The molecule has 0 bridgehead atoms. The molecule has 0 radical (unpaired) electrons. The van der Waals surface area contributed by atoms with E-state index in [1.165, 1.54) is 6.07 Å². The van der Waals surface area contributed by atoms with Gasteiger partial charge in [-0.25, -0.2) is 4.39 Å². The normalized spacial score (nSPS) is 19.8. The molecule has 1 aromatic heterocycles. The minimum absolute atomic E-state index is 0.0472. The van der Waals surface area contributed by atoms with E-state index in [4.69, 9.17) is 17.3 Å². The van der Waals surface area contributed by atoms with Crippen molar-refractivity contribution >= 4 is 22.5 Å². The molecule has 15 heavy (non-hydrogen) atoms. The van der Waals surface area contributed by atoms with Gasteiger partial charge in [0, 0.05) is 24.2 Å². The molecule has 2 nitrogen and oxygen atoms in total. The Morgan fingerprint density at radius 3 is 3.07 bits per heavy atom. The molecule has 1 aromatic carbocycles. The van der Waals surface area contributed by atoms with E-state index in [0.717, 1.165) is 23.0 Å². The van der Waals surface area contributed by atoms with Crippen molar-refractivity contribution in [2.75, 3.05) is 0 Å². The van der Waals surface area contributed by atoms with Crippen molar-refractivity contribution in [2.24, 2.45) is 5.73 Å². The maximum absolute atomic E-state index is 13.3. The first-order valence-corrected chi connectivity index (χ1v) is 5.25. The van der Waals surface area contributed by atoms with Gasteiger partial charge in [0.15, 0.2) is 0 Å². The topological polar surface area (TPSA) is 30.9 Å². The number of benzene rings is 1. The molecule has 2 heterocycles. The zero-order chi connectivity index (χ0) is 10.6. The molecule has 0 amide bonds. The first kappa shape index (κ1) is 9.19. The van der Waals surface area contributed by atoms with Gasteiger partial charge >= 0.3 is 0 Å². The van der Waals surface area contributed by atoms with Crippen molar-refractivity contribution < 1.29 is 4.39 Å². The maximum atomic E-state index is 13.3. The highest BCUT2D eigenvalue weighted by atomic mass is 35.5. The second-order valence-corrected chi connectivity index (χ2v) is 4.46. The molecule has 3 rings (SSSR count). The van der Waals surface area contributed by atoms with E-state index in [1.807, 2.05) is 10.8 Å². The molecule has 1 unspecified atom stereocenters. The van der Waals surface area contributed by atoms with Crippen LogP contribution < -0.4 is 5.73 Å². The van der Waals surface area contributed by atoms with Crippen LogP contribution in [0.25, 0.3) is 10.9 Å². The number of hydrogen-bond donors (Lipinski definition) is 1. The Morgan fingerprint density at radius 2 is 2.27 bits per heavy atom. The standard InChI is InChI=1S/C11H10ClFN2/c12-10-5-15-4-8(14)2-6-1-7(13)3-9(10)11(6)15/h1,3,5,8H,2,4,14H2. The molecule has 2 N–H and O–H groups in total. The van der Waals surface area contributed by atoms with Crippen LogP contribution in [-0.4, -0.2) is 10.6 Å². The third kappa shape index (κ3) is 1.27. The predicted molar refractivity (Wildman–Crippen MR) is 58.6 cm³/mol. The fraction of sp³-hybridized carbons (Fsp3) is 0.273. The lowest BCUT2D eigenvalue weighted by molar-refractivity contribution is 0.538. The lowest BCUT2D eigenvalue weighted by atomic mass is 10.0. The minimum Gasteiger partial charge on any atom is -0.344 e. The number of nitrogens with two attached hydrogens (primary N) is 1. The van der Waals surface area contributed by atoms with Crippen LogP contribution in [-0.2, 0) is 13.0 Å². The second-order valence-electron chi connectivity index (χ2n) is 4.05. The molecule has 4 heteroatoms. The van der Waals surface area contributed by atoms with Crippen LogP contribution in [0.5, 0.6) is 0 Å². The van der Waals surface area contributed by atoms with Crippen LogP contribution in [0.1, 0.15) is 5.56 Å². The van der Waals surface area contributed by atoms with Crippen molar-refractivity contribution in [2.45, 2.75) is 19.0 Å². The Morgan fingerprint density at radius 1 is 1.47 bits per heavy atom. The van der Waals surface area contributed by atoms with Crippen LogP contribution in [0.3, 0.4) is 0 Å². The molecule has 0 saturated heterocycles. The quantitative estimate of drug-likeness (QED) is 0.732. The van der Waals surface area contributed by atoms with E-state index in [-0.39, 0.29) is 11.9 Å². The first-order chi connectivity index (χ1) is 7.15. The number of rotatable bonds is 0. The van der Waals surface area contributed by atoms with Gasteiger partial charge in [-0.3, -0.25) is 0 Å². The molecular formula is C11H10ClFN2. The van der Waals surface area contributed by atoms with Gasteiger partial charge in [-0.1, -0.05) is 11.6 Å². The van der Waals surface area contributed by atoms with Crippen LogP contribution >= 0.6 is 11.6 Å². The summed E-state index contributed by atoms with van der Waals surface area (Å²) in [5.74, 6) is -0.244. The smallest absolute Gasteiger partial charge is 0.124 e. The third-order valence-corrected chi connectivity index (χ3v) is 3.18. The van der Waals surface area contributed by atoms with E-state index in [0.29, 0.717) is 11.4 Å². The van der Waals surface area contributed by atoms with Crippen molar-refractivity contribution in [3.8, 4) is 0 Å². The monoisotopic (exact) mass is 224 g/mol. The molecule has 1 aliphatic heterocycles. The van der Waals surface area contributed by atoms with Gasteiger partial charge in [0.1, 0.15) is 5.82 Å². The van der Waals surface area contributed by atoms with Crippen LogP contribution in [0.15, 0.2) is 18.3 Å². The summed E-state index contributed by atoms with van der Waals surface area (Å²) in [7, 11) is 0. The highest BCUT2D eigenvalue weighted by Crippen LogP contribution is 2.32. The Bertz CT molecular complexity index is 547. The summed E-state index contributed by atoms with van der Waals surface area (Å²) in [4.78, 5) is 0. The maximum Gasteiger partial charge on any atom is 0.124 e. The summed E-state index contributed by atoms with van der Waals surface area (Å²) in [6.07, 6.45) is 2.54. The number of nitrogens with zero attached hydrogens (tertiary/aromatic N) is 1. The van der Waals surface area contributed by atoms with Gasteiger partial charge in [0.05, 0.1) is 10.5 Å². The molecule has 0 aliphatic carbocycles. The Kier molecular flexibility index (Phi) is 1.82. The van der Waals surface area contributed by atoms with Crippen molar-refractivity contribution in [3.63, 3.8) is 0 Å². The van der Waals surface area contributed by atoms with Crippen LogP contribution in [0.4, 0.5) is 4.39 Å². The molecular weight excluding hydrogens is 215 g/mol. The highest BCUT2D eigenvalue weighted by Gasteiger charge is 2.20. The van der Waals surface area contributed by atoms with E-state index < -0.39 is 0 Å². The molecule has 0 saturated carbocycles. The highest BCUT2D eigenvalue weighted by molar-refractivity contribution is 6.35. The fourth-order valence-corrected chi connectivity index (χ4v) is 2.61. The summed E-state index contributed by atoms with van der Waals surface area (Å²) in [5.41, 5.74) is 7.88. The molecule has 78 valence electrons. The lowest BCUT2D eigenvalue weighted by Gasteiger charge is -2.21. The fourth-order valence-electron chi connectivity index (χ4n) is 2.35. The Hall–Kier alpha value is -1.06. The van der Waals surface area contributed by atoms with E-state index in [2.05, 4.69) is 0 Å². The van der Waals surface area contributed by atoms with Crippen LogP contribution in [0.2, 0.25) is 5.02 Å². The average Bonchev–Trinajstić information content (AvgIpc) is 2.43. The van der Waals surface area contributed by atoms with E-state index in [1.54, 1.807) is 6.07 Å². The summed E-state index contributed by atoms with van der Waals surface area (Å²) < 4.78 is 15.3. The SMILES string of the molecule is NC1Cc2cc(F)cc3c(Cl)cn(c23)C1. The van der Waals surface area contributed by atoms with E-state index in [9.17, 15) is 4.39 Å². The summed E-state index contributed by atoms with van der Waals surface area (Å²) in [6, 6.07) is 3.08. The zero-order valence-corrected chi connectivity index (χ0v) is 8.76. The number of hydrogen-bond acceptors (Lipinski definition) is 1. The summed E-state index contributed by atoms with van der Waals surface area (Å²) in [6.45, 7) is 0.752. The zero-order valence-electron chi connectivity index (χ0n) is 8.00. The van der Waals surface area contributed by atoms with Crippen LogP contribution in [0, 0.1) is 5.82 Å². The van der Waals surface area contributed by atoms with Crippen molar-refractivity contribution in [1.29, 1.82) is 0 Å². The molecule has 0 spiro atoms. The molecule has 1 aliphatic rings. The molecule has 1 atom stereocenters.